The van der Waals surface area contributed by atoms with Gasteiger partial charge in [0.05, 0.1) is 10.0 Å². The van der Waals surface area contributed by atoms with E-state index in [0.717, 1.165) is 30.5 Å². The Morgan fingerprint density at radius 2 is 2.04 bits per heavy atom. The van der Waals surface area contributed by atoms with Crippen LogP contribution in [0, 0.1) is 0 Å². The minimum atomic E-state index is -0.890. The van der Waals surface area contributed by atoms with Gasteiger partial charge in [0.15, 0.2) is 11.9 Å². The van der Waals surface area contributed by atoms with E-state index in [1.54, 1.807) is 24.8 Å². The lowest BCUT2D eigenvalue weighted by molar-refractivity contribution is -0.164. The Balaban J connectivity index is 1.67. The van der Waals surface area contributed by atoms with E-state index in [1.807, 2.05) is 6.07 Å². The van der Waals surface area contributed by atoms with Crippen LogP contribution in [0.4, 0.5) is 5.69 Å². The van der Waals surface area contributed by atoms with Gasteiger partial charge in [0, 0.05) is 12.2 Å². The number of benzene rings is 1. The van der Waals surface area contributed by atoms with E-state index in [9.17, 15) is 9.59 Å². The van der Waals surface area contributed by atoms with Crippen molar-refractivity contribution in [3.8, 4) is 0 Å². The van der Waals surface area contributed by atoms with Gasteiger partial charge >= 0.3 is 0 Å². The van der Waals surface area contributed by atoms with E-state index in [4.69, 9.17) is 32.7 Å². The Kier molecular flexibility index (Phi) is 4.42. The maximum absolute atomic E-state index is 13.3. The first-order chi connectivity index (χ1) is 12.3. The maximum atomic E-state index is 13.3. The number of fused-ring (bicyclic) bond motifs is 2. The Morgan fingerprint density at radius 3 is 2.81 bits per heavy atom. The van der Waals surface area contributed by atoms with Gasteiger partial charge in [-0.05, 0) is 50.8 Å². The van der Waals surface area contributed by atoms with E-state index in [2.05, 4.69) is 5.32 Å². The third-order valence-corrected chi connectivity index (χ3v) is 5.91. The number of hydrogen-bond acceptors (Lipinski definition) is 4. The summed E-state index contributed by atoms with van der Waals surface area (Å²) in [5.74, 6) is -1.42. The van der Waals surface area contributed by atoms with Crippen molar-refractivity contribution < 1.29 is 19.1 Å². The number of anilines is 1. The molecule has 3 aliphatic rings. The van der Waals surface area contributed by atoms with Crippen LogP contribution in [0.3, 0.4) is 0 Å². The highest BCUT2D eigenvalue weighted by Crippen LogP contribution is 2.39. The molecule has 3 aliphatic heterocycles. The number of ether oxygens (including phenoxy) is 2. The first kappa shape index (κ1) is 18.0. The van der Waals surface area contributed by atoms with Crippen molar-refractivity contribution in [3.63, 3.8) is 0 Å². The summed E-state index contributed by atoms with van der Waals surface area (Å²) in [6.07, 6.45) is 1.10. The van der Waals surface area contributed by atoms with Crippen molar-refractivity contribution in [2.24, 2.45) is 0 Å². The SMILES string of the molecule is CC1(C)O[C@H]2[C@@H](C(=O)N3CCCCc4c3ccc(Cl)c4Cl)NC(=O)[C@H]2O1. The van der Waals surface area contributed by atoms with E-state index in [0.29, 0.717) is 16.6 Å². The lowest BCUT2D eigenvalue weighted by Crippen LogP contribution is -2.50. The summed E-state index contributed by atoms with van der Waals surface area (Å²) < 4.78 is 11.5. The lowest BCUT2D eigenvalue weighted by Gasteiger charge is -2.28. The highest BCUT2D eigenvalue weighted by molar-refractivity contribution is 6.42. The second-order valence-corrected chi connectivity index (χ2v) is 8.10. The Morgan fingerprint density at radius 1 is 1.27 bits per heavy atom. The van der Waals surface area contributed by atoms with Crippen molar-refractivity contribution in [1.29, 1.82) is 0 Å². The summed E-state index contributed by atoms with van der Waals surface area (Å²) in [6.45, 7) is 4.03. The monoisotopic (exact) mass is 398 g/mol. The standard InChI is InChI=1S/C18H20Cl2N2O4/c1-18(2)25-14-13(21-16(23)15(14)26-18)17(24)22-8-4-3-5-9-11(22)7-6-10(19)12(9)20/h6-7,13-15H,3-5,8H2,1-2H3,(H,21,23)/t13-,14-,15-/m0/s1. The van der Waals surface area contributed by atoms with E-state index in [-0.39, 0.29) is 11.8 Å². The molecule has 2 saturated heterocycles. The van der Waals surface area contributed by atoms with Crippen molar-refractivity contribution in [2.75, 3.05) is 11.4 Å². The predicted molar refractivity (Wildman–Crippen MR) is 97.5 cm³/mol. The van der Waals surface area contributed by atoms with Gasteiger partial charge in [-0.3, -0.25) is 9.59 Å². The average Bonchev–Trinajstić information content (AvgIpc) is 2.95. The zero-order chi connectivity index (χ0) is 18.6. The predicted octanol–water partition coefficient (Wildman–Crippen LogP) is 2.68. The Labute approximate surface area is 161 Å². The van der Waals surface area contributed by atoms with Gasteiger partial charge < -0.3 is 19.7 Å². The first-order valence-electron chi connectivity index (χ1n) is 8.73. The third-order valence-electron chi connectivity index (χ3n) is 5.07. The second kappa shape index (κ2) is 6.37. The molecule has 4 rings (SSSR count). The molecule has 26 heavy (non-hydrogen) atoms. The molecular formula is C18H20Cl2N2O4. The van der Waals surface area contributed by atoms with Crippen LogP contribution in [0.15, 0.2) is 12.1 Å². The molecule has 0 radical (unpaired) electrons. The quantitative estimate of drug-likeness (QED) is 0.789. The molecular weight excluding hydrogens is 379 g/mol. The molecule has 140 valence electrons. The molecule has 1 aromatic carbocycles. The summed E-state index contributed by atoms with van der Waals surface area (Å²) in [6, 6.07) is 2.73. The maximum Gasteiger partial charge on any atom is 0.252 e. The Bertz CT molecular complexity index is 783. The molecule has 1 aromatic rings. The number of nitrogens with zero attached hydrogens (tertiary/aromatic N) is 1. The largest absolute Gasteiger partial charge is 0.341 e. The summed E-state index contributed by atoms with van der Waals surface area (Å²) in [5, 5.41) is 3.69. The van der Waals surface area contributed by atoms with Gasteiger partial charge in [0.1, 0.15) is 12.1 Å². The normalized spacial score (nSPS) is 29.8. The lowest BCUT2D eigenvalue weighted by atomic mass is 10.1. The second-order valence-electron chi connectivity index (χ2n) is 7.31. The van der Waals surface area contributed by atoms with E-state index >= 15 is 0 Å². The number of amides is 2. The van der Waals surface area contributed by atoms with Gasteiger partial charge in [-0.15, -0.1) is 0 Å². The molecule has 0 spiro atoms. The molecule has 0 bridgehead atoms. The molecule has 8 heteroatoms. The third kappa shape index (κ3) is 2.89. The molecule has 0 saturated carbocycles. The molecule has 0 aliphatic carbocycles. The number of carbonyl (C=O) groups is 2. The highest BCUT2D eigenvalue weighted by atomic mass is 35.5. The van der Waals surface area contributed by atoms with Crippen molar-refractivity contribution in [3.05, 3.63) is 27.7 Å². The topological polar surface area (TPSA) is 67.9 Å². The summed E-state index contributed by atoms with van der Waals surface area (Å²) in [4.78, 5) is 27.2. The van der Waals surface area contributed by atoms with Gasteiger partial charge in [0.2, 0.25) is 0 Å². The first-order valence-corrected chi connectivity index (χ1v) is 9.48. The van der Waals surface area contributed by atoms with Gasteiger partial charge in [-0.1, -0.05) is 23.2 Å². The summed E-state index contributed by atoms with van der Waals surface area (Å²) >= 11 is 12.5. The fourth-order valence-corrected chi connectivity index (χ4v) is 4.35. The van der Waals surface area contributed by atoms with Crippen LogP contribution in [0.1, 0.15) is 32.3 Å². The minimum Gasteiger partial charge on any atom is -0.341 e. The molecule has 0 unspecified atom stereocenters. The van der Waals surface area contributed by atoms with Crippen molar-refractivity contribution in [1.82, 2.24) is 5.32 Å². The molecule has 2 amide bonds. The van der Waals surface area contributed by atoms with Crippen LogP contribution in [0.25, 0.3) is 0 Å². The molecule has 6 nitrogen and oxygen atoms in total. The van der Waals surface area contributed by atoms with Crippen LogP contribution in [-0.2, 0) is 25.5 Å². The van der Waals surface area contributed by atoms with Crippen LogP contribution < -0.4 is 10.2 Å². The van der Waals surface area contributed by atoms with Crippen LogP contribution in [-0.4, -0.2) is 42.4 Å². The number of rotatable bonds is 1. The van der Waals surface area contributed by atoms with Crippen LogP contribution in [0.5, 0.6) is 0 Å². The highest BCUT2D eigenvalue weighted by Gasteiger charge is 2.57. The minimum absolute atomic E-state index is 0.214. The Hall–Kier alpha value is -1.34. The number of halogens is 2. The summed E-state index contributed by atoms with van der Waals surface area (Å²) in [5.41, 5.74) is 1.62. The molecule has 0 aromatic heterocycles. The van der Waals surface area contributed by atoms with Crippen LogP contribution >= 0.6 is 23.2 Å². The molecule has 3 atom stereocenters. The van der Waals surface area contributed by atoms with Crippen molar-refractivity contribution >= 4 is 40.7 Å². The smallest absolute Gasteiger partial charge is 0.252 e. The average molecular weight is 399 g/mol. The number of carbonyl (C=O) groups excluding carboxylic acids is 2. The number of nitrogens with one attached hydrogen (secondary N) is 1. The molecule has 3 heterocycles. The van der Waals surface area contributed by atoms with Gasteiger partial charge in [-0.2, -0.15) is 0 Å². The fourth-order valence-electron chi connectivity index (χ4n) is 3.92. The van der Waals surface area contributed by atoms with E-state index in [1.165, 1.54) is 0 Å². The van der Waals surface area contributed by atoms with E-state index < -0.39 is 24.0 Å². The zero-order valence-electron chi connectivity index (χ0n) is 14.6. The molecule has 2 fully saturated rings. The van der Waals surface area contributed by atoms with Crippen LogP contribution in [0.2, 0.25) is 10.0 Å². The zero-order valence-corrected chi connectivity index (χ0v) is 16.1. The fraction of sp³-hybridized carbons (Fsp3) is 0.556. The number of hydrogen-bond donors (Lipinski definition) is 1. The van der Waals surface area contributed by atoms with Gasteiger partial charge in [-0.25, -0.2) is 0 Å². The van der Waals surface area contributed by atoms with Gasteiger partial charge in [0.25, 0.3) is 11.8 Å². The van der Waals surface area contributed by atoms with Crippen molar-refractivity contribution in [2.45, 2.75) is 57.1 Å². The molecule has 1 N–H and O–H groups in total. The summed E-state index contributed by atoms with van der Waals surface area (Å²) in [7, 11) is 0.